The van der Waals surface area contributed by atoms with Gasteiger partial charge in [-0.25, -0.2) is 0 Å². The second-order valence-corrected chi connectivity index (χ2v) is 6.99. The molecule has 1 saturated heterocycles. The van der Waals surface area contributed by atoms with Crippen molar-refractivity contribution in [2.45, 2.75) is 24.7 Å². The van der Waals surface area contributed by atoms with E-state index < -0.39 is 17.6 Å². The highest BCUT2D eigenvalue weighted by molar-refractivity contribution is 5.82. The summed E-state index contributed by atoms with van der Waals surface area (Å²) >= 11 is 0. The molecule has 0 bridgehead atoms. The molecule has 0 saturated carbocycles. The summed E-state index contributed by atoms with van der Waals surface area (Å²) < 4.78 is 38.3. The van der Waals surface area contributed by atoms with E-state index in [-0.39, 0.29) is 6.04 Å². The molecule has 2 aromatic rings. The van der Waals surface area contributed by atoms with E-state index in [1.54, 1.807) is 6.92 Å². The van der Waals surface area contributed by atoms with Gasteiger partial charge in [-0.05, 0) is 18.1 Å². The number of halogens is 3. The van der Waals surface area contributed by atoms with E-state index in [1.807, 2.05) is 60.7 Å². The summed E-state index contributed by atoms with van der Waals surface area (Å²) in [6.45, 7) is 2.44. The summed E-state index contributed by atoms with van der Waals surface area (Å²) in [6.07, 6.45) is -4.85. The lowest BCUT2D eigenvalue weighted by Crippen LogP contribution is -2.70. The monoisotopic (exact) mass is 362 g/mol. The molecule has 0 unspecified atom stereocenters. The molecule has 1 fully saturated rings. The first kappa shape index (κ1) is 18.5. The van der Waals surface area contributed by atoms with Gasteiger partial charge >= 0.3 is 12.1 Å². The SMILES string of the molecule is CN(C(=O)C(F)(F)F)C1(C)CN(C(c2ccccc2)c2ccccc2)C1. The van der Waals surface area contributed by atoms with E-state index in [9.17, 15) is 18.0 Å². The van der Waals surface area contributed by atoms with Gasteiger partial charge in [-0.15, -0.1) is 0 Å². The average Bonchev–Trinajstić information content (AvgIpc) is 2.60. The minimum absolute atomic E-state index is 0.0557. The Kier molecular flexibility index (Phi) is 4.80. The van der Waals surface area contributed by atoms with Crippen LogP contribution in [-0.2, 0) is 4.79 Å². The first-order chi connectivity index (χ1) is 12.2. The number of likely N-dealkylation sites (N-methyl/N-ethyl adjacent to an activating group) is 1. The largest absolute Gasteiger partial charge is 0.471 e. The first-order valence-electron chi connectivity index (χ1n) is 8.41. The molecule has 1 aliphatic rings. The number of amides is 1. The van der Waals surface area contributed by atoms with Crippen LogP contribution in [0.2, 0.25) is 0 Å². The smallest absolute Gasteiger partial charge is 0.330 e. The molecular formula is C20H21F3N2O. The fourth-order valence-corrected chi connectivity index (χ4v) is 3.54. The molecule has 26 heavy (non-hydrogen) atoms. The lowest BCUT2D eigenvalue weighted by Gasteiger charge is -2.55. The Bertz CT molecular complexity index is 716. The van der Waals surface area contributed by atoms with Crippen molar-refractivity contribution in [2.75, 3.05) is 20.1 Å². The number of hydrogen-bond acceptors (Lipinski definition) is 2. The Labute approximate surface area is 151 Å². The number of rotatable bonds is 4. The molecule has 2 aromatic carbocycles. The predicted molar refractivity (Wildman–Crippen MR) is 93.5 cm³/mol. The highest BCUT2D eigenvalue weighted by atomic mass is 19.4. The molecule has 0 spiro atoms. The zero-order valence-electron chi connectivity index (χ0n) is 14.7. The second-order valence-electron chi connectivity index (χ2n) is 6.99. The van der Waals surface area contributed by atoms with E-state index in [2.05, 4.69) is 4.90 Å². The number of likely N-dealkylation sites (tertiary alicyclic amines) is 1. The molecular weight excluding hydrogens is 341 g/mol. The van der Waals surface area contributed by atoms with Gasteiger partial charge in [0.05, 0.1) is 11.6 Å². The van der Waals surface area contributed by atoms with Gasteiger partial charge in [0.2, 0.25) is 0 Å². The Hall–Kier alpha value is -2.34. The molecule has 138 valence electrons. The number of alkyl halides is 3. The molecule has 0 radical (unpaired) electrons. The fourth-order valence-electron chi connectivity index (χ4n) is 3.54. The maximum absolute atomic E-state index is 12.8. The number of hydrogen-bond donors (Lipinski definition) is 0. The zero-order chi connectivity index (χ0) is 18.9. The van der Waals surface area contributed by atoms with Gasteiger partial charge in [-0.2, -0.15) is 13.2 Å². The molecule has 0 aromatic heterocycles. The van der Waals surface area contributed by atoms with Crippen LogP contribution in [0.4, 0.5) is 13.2 Å². The van der Waals surface area contributed by atoms with Gasteiger partial charge in [-0.3, -0.25) is 9.69 Å². The summed E-state index contributed by atoms with van der Waals surface area (Å²) in [6, 6.07) is 19.6. The third-order valence-corrected chi connectivity index (χ3v) is 5.04. The van der Waals surface area contributed by atoms with E-state index in [0.29, 0.717) is 13.1 Å². The Balaban J connectivity index is 1.83. The number of benzene rings is 2. The maximum Gasteiger partial charge on any atom is 0.471 e. The van der Waals surface area contributed by atoms with Crippen molar-refractivity contribution in [1.82, 2.24) is 9.80 Å². The number of carbonyl (C=O) groups is 1. The van der Waals surface area contributed by atoms with Crippen molar-refractivity contribution in [3.05, 3.63) is 71.8 Å². The predicted octanol–water partition coefficient (Wildman–Crippen LogP) is 3.87. The number of nitrogens with zero attached hydrogens (tertiary/aromatic N) is 2. The zero-order valence-corrected chi connectivity index (χ0v) is 14.7. The first-order valence-corrected chi connectivity index (χ1v) is 8.41. The molecule has 3 rings (SSSR count). The molecule has 1 amide bonds. The Morgan fingerprint density at radius 1 is 1.00 bits per heavy atom. The average molecular weight is 362 g/mol. The van der Waals surface area contributed by atoms with E-state index >= 15 is 0 Å². The van der Waals surface area contributed by atoms with Crippen molar-refractivity contribution in [3.8, 4) is 0 Å². The normalized spacial score (nSPS) is 17.0. The quantitative estimate of drug-likeness (QED) is 0.824. The molecule has 1 heterocycles. The number of carbonyl (C=O) groups excluding carboxylic acids is 1. The molecule has 0 N–H and O–H groups in total. The van der Waals surface area contributed by atoms with Gasteiger partial charge in [0.15, 0.2) is 0 Å². The lowest BCUT2D eigenvalue weighted by atomic mass is 9.85. The highest BCUT2D eigenvalue weighted by Gasteiger charge is 2.52. The lowest BCUT2D eigenvalue weighted by molar-refractivity contribution is -0.195. The van der Waals surface area contributed by atoms with E-state index in [0.717, 1.165) is 16.0 Å². The van der Waals surface area contributed by atoms with E-state index in [1.165, 1.54) is 7.05 Å². The van der Waals surface area contributed by atoms with Crippen LogP contribution in [0.1, 0.15) is 24.1 Å². The summed E-state index contributed by atoms with van der Waals surface area (Å²) in [5, 5.41) is 0. The van der Waals surface area contributed by atoms with Gasteiger partial charge in [0.1, 0.15) is 0 Å². The summed E-state index contributed by atoms with van der Waals surface area (Å²) in [4.78, 5) is 14.5. The van der Waals surface area contributed by atoms with Crippen LogP contribution in [0.25, 0.3) is 0 Å². The summed E-state index contributed by atoms with van der Waals surface area (Å²) in [5.41, 5.74) is 1.31. The van der Waals surface area contributed by atoms with Crippen LogP contribution in [0.3, 0.4) is 0 Å². The third kappa shape index (κ3) is 3.46. The van der Waals surface area contributed by atoms with Crippen molar-refractivity contribution in [1.29, 1.82) is 0 Å². The minimum Gasteiger partial charge on any atom is -0.330 e. The van der Waals surface area contributed by atoms with Crippen molar-refractivity contribution < 1.29 is 18.0 Å². The molecule has 1 aliphatic heterocycles. The van der Waals surface area contributed by atoms with Crippen LogP contribution in [-0.4, -0.2) is 47.6 Å². The Morgan fingerprint density at radius 2 is 1.42 bits per heavy atom. The van der Waals surface area contributed by atoms with Crippen molar-refractivity contribution in [2.24, 2.45) is 0 Å². The van der Waals surface area contributed by atoms with Crippen LogP contribution in [0.15, 0.2) is 60.7 Å². The van der Waals surface area contributed by atoms with Gasteiger partial charge in [-0.1, -0.05) is 60.7 Å². The summed E-state index contributed by atoms with van der Waals surface area (Å²) in [7, 11) is 1.23. The molecule has 6 heteroatoms. The second kappa shape index (κ2) is 6.76. The van der Waals surface area contributed by atoms with Gasteiger partial charge in [0, 0.05) is 20.1 Å². The van der Waals surface area contributed by atoms with Crippen LogP contribution >= 0.6 is 0 Å². The van der Waals surface area contributed by atoms with E-state index in [4.69, 9.17) is 0 Å². The fraction of sp³-hybridized carbons (Fsp3) is 0.350. The maximum atomic E-state index is 12.8. The summed E-state index contributed by atoms with van der Waals surface area (Å²) in [5.74, 6) is -1.80. The molecule has 3 nitrogen and oxygen atoms in total. The van der Waals surface area contributed by atoms with Gasteiger partial charge < -0.3 is 4.90 Å². The molecule has 0 atom stereocenters. The van der Waals surface area contributed by atoms with Crippen LogP contribution in [0, 0.1) is 0 Å². The van der Waals surface area contributed by atoms with Crippen molar-refractivity contribution >= 4 is 5.91 Å². The standard InChI is InChI=1S/C20H21F3N2O/c1-19(24(2)18(26)20(21,22)23)13-25(14-19)17(15-9-5-3-6-10-15)16-11-7-4-8-12-16/h3-12,17H,13-14H2,1-2H3. The highest BCUT2D eigenvalue weighted by Crippen LogP contribution is 2.39. The van der Waals surface area contributed by atoms with Crippen LogP contribution < -0.4 is 0 Å². The third-order valence-electron chi connectivity index (χ3n) is 5.04. The van der Waals surface area contributed by atoms with Crippen LogP contribution in [0.5, 0.6) is 0 Å². The Morgan fingerprint density at radius 3 is 1.81 bits per heavy atom. The van der Waals surface area contributed by atoms with Gasteiger partial charge in [0.25, 0.3) is 0 Å². The topological polar surface area (TPSA) is 23.6 Å². The van der Waals surface area contributed by atoms with Crippen molar-refractivity contribution in [3.63, 3.8) is 0 Å². The minimum atomic E-state index is -4.85. The molecule has 0 aliphatic carbocycles.